The van der Waals surface area contributed by atoms with Crippen LogP contribution in [0.3, 0.4) is 0 Å². The van der Waals surface area contributed by atoms with Crippen LogP contribution >= 0.6 is 39.1 Å². The Labute approximate surface area is 100 Å². The third kappa shape index (κ3) is 2.41. The number of methoxy groups -OCH3 is 1. The Hall–Kier alpha value is -0.250. The van der Waals surface area contributed by atoms with E-state index in [0.717, 1.165) is 10.0 Å². The van der Waals surface area contributed by atoms with E-state index in [9.17, 15) is 4.79 Å². The van der Waals surface area contributed by atoms with Crippen LogP contribution in [0.1, 0.15) is 15.9 Å². The van der Waals surface area contributed by atoms with Crippen LogP contribution in [-0.2, 0) is 10.6 Å². The Bertz CT molecular complexity index is 366. The van der Waals surface area contributed by atoms with Gasteiger partial charge in [0.05, 0.1) is 17.7 Å². The van der Waals surface area contributed by atoms with E-state index in [1.54, 1.807) is 12.1 Å². The molecule has 0 amide bonds. The SMILES string of the molecule is COC(=O)c1cc(Br)c(CCl)cc1Cl. The first kappa shape index (κ1) is 11.8. The number of alkyl halides is 1. The number of ether oxygens (including phenoxy) is 1. The van der Waals surface area contributed by atoms with E-state index in [2.05, 4.69) is 20.7 Å². The molecule has 0 radical (unpaired) electrons. The van der Waals surface area contributed by atoms with Crippen LogP contribution in [0.15, 0.2) is 16.6 Å². The summed E-state index contributed by atoms with van der Waals surface area (Å²) in [4.78, 5) is 11.2. The fourth-order valence-corrected chi connectivity index (χ4v) is 2.09. The molecule has 0 spiro atoms. The third-order valence-corrected chi connectivity index (χ3v) is 3.02. The Morgan fingerprint density at radius 2 is 2.21 bits per heavy atom. The minimum atomic E-state index is -0.461. The van der Waals surface area contributed by atoms with Crippen LogP contribution in [0.5, 0.6) is 0 Å². The zero-order valence-corrected chi connectivity index (χ0v) is 10.4. The number of hydrogen-bond acceptors (Lipinski definition) is 2. The lowest BCUT2D eigenvalue weighted by atomic mass is 10.1. The van der Waals surface area contributed by atoms with Crippen LogP contribution in [-0.4, -0.2) is 13.1 Å². The van der Waals surface area contributed by atoms with Gasteiger partial charge in [0, 0.05) is 10.4 Å². The van der Waals surface area contributed by atoms with Crippen LogP contribution in [0.4, 0.5) is 0 Å². The summed E-state index contributed by atoms with van der Waals surface area (Å²) < 4.78 is 5.32. The maximum absolute atomic E-state index is 11.2. The lowest BCUT2D eigenvalue weighted by Gasteiger charge is -2.06. The number of halogens is 3. The summed E-state index contributed by atoms with van der Waals surface area (Å²) in [5.41, 5.74) is 1.17. The van der Waals surface area contributed by atoms with E-state index in [0.29, 0.717) is 16.5 Å². The molecule has 76 valence electrons. The standard InChI is InChI=1S/C9H7BrCl2O2/c1-14-9(13)6-3-7(10)5(4-11)2-8(6)12/h2-3H,4H2,1H3. The molecule has 0 fully saturated rings. The fraction of sp³-hybridized carbons (Fsp3) is 0.222. The van der Waals surface area contributed by atoms with E-state index in [1.807, 2.05) is 0 Å². The average Bonchev–Trinajstić information content (AvgIpc) is 2.19. The van der Waals surface area contributed by atoms with Crippen LogP contribution in [0.2, 0.25) is 5.02 Å². The van der Waals surface area contributed by atoms with E-state index in [1.165, 1.54) is 7.11 Å². The largest absolute Gasteiger partial charge is 0.465 e. The number of hydrogen-bond donors (Lipinski definition) is 0. The highest BCUT2D eigenvalue weighted by atomic mass is 79.9. The average molecular weight is 298 g/mol. The van der Waals surface area contributed by atoms with Crippen LogP contribution in [0.25, 0.3) is 0 Å². The third-order valence-electron chi connectivity index (χ3n) is 1.69. The van der Waals surface area contributed by atoms with E-state index in [4.69, 9.17) is 23.2 Å². The molecule has 1 aromatic rings. The first-order valence-corrected chi connectivity index (χ1v) is 5.43. The summed E-state index contributed by atoms with van der Waals surface area (Å²) in [6.45, 7) is 0. The maximum atomic E-state index is 11.2. The second kappa shape index (κ2) is 5.01. The van der Waals surface area contributed by atoms with Gasteiger partial charge in [-0.2, -0.15) is 0 Å². The quantitative estimate of drug-likeness (QED) is 0.615. The zero-order chi connectivity index (χ0) is 10.7. The molecule has 0 aromatic heterocycles. The predicted octanol–water partition coefficient (Wildman–Crippen LogP) is 3.63. The Kier molecular flexibility index (Phi) is 4.23. The second-order valence-corrected chi connectivity index (χ2v) is 4.08. The van der Waals surface area contributed by atoms with Crippen molar-refractivity contribution in [1.82, 2.24) is 0 Å². The molecule has 0 saturated heterocycles. The molecule has 0 aliphatic carbocycles. The van der Waals surface area contributed by atoms with Crippen molar-refractivity contribution < 1.29 is 9.53 Å². The minimum absolute atomic E-state index is 0.329. The highest BCUT2D eigenvalue weighted by molar-refractivity contribution is 9.10. The van der Waals surface area contributed by atoms with Gasteiger partial charge < -0.3 is 4.74 Å². The summed E-state index contributed by atoms with van der Waals surface area (Å²) in [7, 11) is 1.31. The first-order valence-electron chi connectivity index (χ1n) is 3.72. The topological polar surface area (TPSA) is 26.3 Å². The van der Waals surface area contributed by atoms with Gasteiger partial charge in [-0.3, -0.25) is 0 Å². The molecule has 0 atom stereocenters. The molecule has 5 heteroatoms. The molecule has 0 N–H and O–H groups in total. The Morgan fingerprint density at radius 3 is 2.71 bits per heavy atom. The van der Waals surface area contributed by atoms with E-state index in [-0.39, 0.29) is 0 Å². The molecule has 0 unspecified atom stereocenters. The maximum Gasteiger partial charge on any atom is 0.339 e. The van der Waals surface area contributed by atoms with Gasteiger partial charge in [-0.25, -0.2) is 4.79 Å². The molecule has 0 aliphatic rings. The molecular weight excluding hydrogens is 291 g/mol. The van der Waals surface area contributed by atoms with Crippen molar-refractivity contribution in [2.75, 3.05) is 7.11 Å². The van der Waals surface area contributed by atoms with Gasteiger partial charge in [0.2, 0.25) is 0 Å². The van der Waals surface area contributed by atoms with Crippen molar-refractivity contribution in [2.24, 2.45) is 0 Å². The van der Waals surface area contributed by atoms with E-state index >= 15 is 0 Å². The highest BCUT2D eigenvalue weighted by Gasteiger charge is 2.13. The fourth-order valence-electron chi connectivity index (χ4n) is 0.957. The number of carbonyl (C=O) groups excluding carboxylic acids is 1. The van der Waals surface area contributed by atoms with Gasteiger partial charge in [-0.1, -0.05) is 27.5 Å². The Balaban J connectivity index is 3.21. The molecule has 0 aliphatic heterocycles. The van der Waals surface area contributed by atoms with Crippen LogP contribution in [0, 0.1) is 0 Å². The molecule has 0 saturated carbocycles. The van der Waals surface area contributed by atoms with Gasteiger partial charge in [0.15, 0.2) is 0 Å². The highest BCUT2D eigenvalue weighted by Crippen LogP contribution is 2.27. The van der Waals surface area contributed by atoms with Crippen molar-refractivity contribution >= 4 is 45.1 Å². The lowest BCUT2D eigenvalue weighted by molar-refractivity contribution is 0.0601. The molecule has 1 aromatic carbocycles. The minimum Gasteiger partial charge on any atom is -0.465 e. The van der Waals surface area contributed by atoms with Gasteiger partial charge >= 0.3 is 5.97 Å². The van der Waals surface area contributed by atoms with Gasteiger partial charge in [0.25, 0.3) is 0 Å². The summed E-state index contributed by atoms with van der Waals surface area (Å²) in [6, 6.07) is 3.25. The molecule has 0 heterocycles. The summed E-state index contributed by atoms with van der Waals surface area (Å²) in [5, 5.41) is 0.343. The lowest BCUT2D eigenvalue weighted by Crippen LogP contribution is -2.02. The monoisotopic (exact) mass is 296 g/mol. The number of esters is 1. The van der Waals surface area contributed by atoms with Gasteiger partial charge in [-0.15, -0.1) is 11.6 Å². The normalized spacial score (nSPS) is 10.0. The van der Waals surface area contributed by atoms with Crippen molar-refractivity contribution in [2.45, 2.75) is 5.88 Å². The molecular formula is C9H7BrCl2O2. The van der Waals surface area contributed by atoms with Gasteiger partial charge in [0.1, 0.15) is 0 Å². The number of carbonyl (C=O) groups is 1. The predicted molar refractivity (Wildman–Crippen MR) is 60.0 cm³/mol. The van der Waals surface area contributed by atoms with Crippen LogP contribution < -0.4 is 0 Å². The summed E-state index contributed by atoms with van der Waals surface area (Å²) >= 11 is 14.8. The zero-order valence-electron chi connectivity index (χ0n) is 7.31. The summed E-state index contributed by atoms with van der Waals surface area (Å²) in [5.74, 6) is -0.126. The van der Waals surface area contributed by atoms with Crippen molar-refractivity contribution in [3.8, 4) is 0 Å². The van der Waals surface area contributed by atoms with E-state index < -0.39 is 5.97 Å². The molecule has 1 rings (SSSR count). The second-order valence-electron chi connectivity index (χ2n) is 2.55. The number of benzene rings is 1. The molecule has 0 bridgehead atoms. The smallest absolute Gasteiger partial charge is 0.339 e. The number of rotatable bonds is 2. The summed E-state index contributed by atoms with van der Waals surface area (Å²) in [6.07, 6.45) is 0. The molecule has 2 nitrogen and oxygen atoms in total. The van der Waals surface area contributed by atoms with Crippen molar-refractivity contribution in [3.63, 3.8) is 0 Å². The van der Waals surface area contributed by atoms with Crippen molar-refractivity contribution in [3.05, 3.63) is 32.8 Å². The van der Waals surface area contributed by atoms with Crippen molar-refractivity contribution in [1.29, 1.82) is 0 Å². The molecule has 14 heavy (non-hydrogen) atoms. The first-order chi connectivity index (χ1) is 6.60. The Morgan fingerprint density at radius 1 is 1.57 bits per heavy atom. The van der Waals surface area contributed by atoms with Gasteiger partial charge in [-0.05, 0) is 17.7 Å².